The van der Waals surface area contributed by atoms with Crippen LogP contribution in [0.5, 0.6) is 5.75 Å². The summed E-state index contributed by atoms with van der Waals surface area (Å²) in [6.45, 7) is 3.18. The van der Waals surface area contributed by atoms with Crippen LogP contribution >= 0.6 is 0 Å². The Morgan fingerprint density at radius 3 is 2.56 bits per heavy atom. The van der Waals surface area contributed by atoms with Gasteiger partial charge in [-0.2, -0.15) is 0 Å². The van der Waals surface area contributed by atoms with E-state index in [0.717, 1.165) is 25.2 Å². The SMILES string of the molecule is COc1ccc(NCCN2CCC(O)(c3ccccc3)CC2)c(C(N)=O)c1. The molecule has 0 aromatic heterocycles. The molecule has 0 radical (unpaired) electrons. The lowest BCUT2D eigenvalue weighted by molar-refractivity contribution is -0.0249. The molecule has 1 amide bonds. The zero-order valence-electron chi connectivity index (χ0n) is 15.6. The van der Waals surface area contributed by atoms with Gasteiger partial charge >= 0.3 is 0 Å². The Labute approximate surface area is 159 Å². The molecule has 0 spiro atoms. The fraction of sp³-hybridized carbons (Fsp3) is 0.381. The summed E-state index contributed by atoms with van der Waals surface area (Å²) < 4.78 is 5.15. The Kier molecular flexibility index (Phi) is 5.98. The lowest BCUT2D eigenvalue weighted by Crippen LogP contribution is -2.44. The van der Waals surface area contributed by atoms with E-state index in [0.29, 0.717) is 36.4 Å². The van der Waals surface area contributed by atoms with E-state index in [1.807, 2.05) is 36.4 Å². The van der Waals surface area contributed by atoms with Crippen molar-refractivity contribution in [1.29, 1.82) is 0 Å². The number of hydrogen-bond acceptors (Lipinski definition) is 5. The van der Waals surface area contributed by atoms with Gasteiger partial charge in [0.25, 0.3) is 5.91 Å². The Morgan fingerprint density at radius 2 is 1.93 bits per heavy atom. The number of aliphatic hydroxyl groups is 1. The first-order valence-electron chi connectivity index (χ1n) is 9.24. The van der Waals surface area contributed by atoms with Crippen LogP contribution in [0, 0.1) is 0 Å². The van der Waals surface area contributed by atoms with E-state index in [-0.39, 0.29) is 0 Å². The molecule has 4 N–H and O–H groups in total. The van der Waals surface area contributed by atoms with Gasteiger partial charge in [-0.3, -0.25) is 4.79 Å². The van der Waals surface area contributed by atoms with E-state index in [1.54, 1.807) is 19.2 Å². The van der Waals surface area contributed by atoms with Gasteiger partial charge in [0, 0.05) is 31.9 Å². The monoisotopic (exact) mass is 369 g/mol. The number of nitrogens with two attached hydrogens (primary N) is 1. The predicted molar refractivity (Wildman–Crippen MR) is 106 cm³/mol. The lowest BCUT2D eigenvalue weighted by atomic mass is 9.84. The molecule has 0 aliphatic carbocycles. The zero-order valence-corrected chi connectivity index (χ0v) is 15.6. The summed E-state index contributed by atoms with van der Waals surface area (Å²) >= 11 is 0. The smallest absolute Gasteiger partial charge is 0.250 e. The summed E-state index contributed by atoms with van der Waals surface area (Å²) in [7, 11) is 1.56. The topological polar surface area (TPSA) is 87.8 Å². The summed E-state index contributed by atoms with van der Waals surface area (Å²) in [6.07, 6.45) is 1.43. The predicted octanol–water partition coefficient (Wildman–Crippen LogP) is 2.19. The van der Waals surface area contributed by atoms with Gasteiger partial charge in [0.05, 0.1) is 18.3 Å². The molecule has 27 heavy (non-hydrogen) atoms. The normalized spacial score (nSPS) is 16.7. The summed E-state index contributed by atoms with van der Waals surface area (Å²) in [5.41, 5.74) is 6.85. The van der Waals surface area contributed by atoms with Crippen LogP contribution in [-0.4, -0.2) is 49.2 Å². The van der Waals surface area contributed by atoms with Crippen molar-refractivity contribution < 1.29 is 14.6 Å². The molecular formula is C21H27N3O3. The molecule has 0 atom stereocenters. The standard InChI is InChI=1S/C21H27N3O3/c1-27-17-7-8-19(18(15-17)20(22)25)23-11-14-24-12-9-21(26,10-13-24)16-5-3-2-4-6-16/h2-8,15,23,26H,9-14H2,1H3,(H2,22,25). The highest BCUT2D eigenvalue weighted by atomic mass is 16.5. The fourth-order valence-corrected chi connectivity index (χ4v) is 3.54. The second-order valence-electron chi connectivity index (χ2n) is 6.94. The van der Waals surface area contributed by atoms with Crippen molar-refractivity contribution in [2.45, 2.75) is 18.4 Å². The Morgan fingerprint density at radius 1 is 1.22 bits per heavy atom. The fourth-order valence-electron chi connectivity index (χ4n) is 3.54. The highest BCUT2D eigenvalue weighted by Crippen LogP contribution is 2.32. The average Bonchev–Trinajstić information content (AvgIpc) is 2.70. The van der Waals surface area contributed by atoms with Crippen molar-refractivity contribution in [2.24, 2.45) is 5.73 Å². The molecule has 1 heterocycles. The molecule has 1 fully saturated rings. The third-order valence-corrected chi connectivity index (χ3v) is 5.23. The third kappa shape index (κ3) is 4.59. The molecule has 3 rings (SSSR count). The van der Waals surface area contributed by atoms with Gasteiger partial charge in [-0.25, -0.2) is 0 Å². The third-order valence-electron chi connectivity index (χ3n) is 5.23. The van der Waals surface area contributed by atoms with Crippen molar-refractivity contribution in [2.75, 3.05) is 38.6 Å². The molecule has 0 unspecified atom stereocenters. The Bertz CT molecular complexity index is 771. The van der Waals surface area contributed by atoms with Crippen LogP contribution in [-0.2, 0) is 5.60 Å². The minimum Gasteiger partial charge on any atom is -0.497 e. The molecule has 2 aromatic rings. The molecule has 1 saturated heterocycles. The maximum absolute atomic E-state index is 11.6. The van der Waals surface area contributed by atoms with E-state index < -0.39 is 11.5 Å². The molecule has 1 aliphatic heterocycles. The van der Waals surface area contributed by atoms with Crippen molar-refractivity contribution in [3.63, 3.8) is 0 Å². The maximum atomic E-state index is 11.6. The number of amides is 1. The van der Waals surface area contributed by atoms with Crippen LogP contribution in [0.2, 0.25) is 0 Å². The van der Waals surface area contributed by atoms with Crippen LogP contribution in [0.1, 0.15) is 28.8 Å². The van der Waals surface area contributed by atoms with Gasteiger partial charge < -0.3 is 25.8 Å². The van der Waals surface area contributed by atoms with Crippen molar-refractivity contribution in [1.82, 2.24) is 4.90 Å². The van der Waals surface area contributed by atoms with E-state index in [2.05, 4.69) is 10.2 Å². The number of hydrogen-bond donors (Lipinski definition) is 3. The molecule has 2 aromatic carbocycles. The molecule has 6 nitrogen and oxygen atoms in total. The minimum atomic E-state index is -0.736. The second-order valence-corrected chi connectivity index (χ2v) is 6.94. The number of nitrogens with one attached hydrogen (secondary N) is 1. The van der Waals surface area contributed by atoms with Gasteiger partial charge in [-0.1, -0.05) is 30.3 Å². The molecule has 144 valence electrons. The van der Waals surface area contributed by atoms with Crippen molar-refractivity contribution in [3.05, 3.63) is 59.7 Å². The van der Waals surface area contributed by atoms with Gasteiger partial charge in [0.1, 0.15) is 5.75 Å². The number of anilines is 1. The summed E-state index contributed by atoms with van der Waals surface area (Å²) in [4.78, 5) is 14.0. The Balaban J connectivity index is 1.52. The second kappa shape index (κ2) is 8.41. The van der Waals surface area contributed by atoms with Gasteiger partial charge in [-0.05, 0) is 36.6 Å². The van der Waals surface area contributed by atoms with Gasteiger partial charge in [0.15, 0.2) is 0 Å². The number of nitrogens with zero attached hydrogens (tertiary/aromatic N) is 1. The molecule has 0 bridgehead atoms. The number of carbonyl (C=O) groups is 1. The van der Waals surface area contributed by atoms with E-state index in [4.69, 9.17) is 10.5 Å². The van der Waals surface area contributed by atoms with Crippen LogP contribution in [0.25, 0.3) is 0 Å². The number of primary amides is 1. The number of benzene rings is 2. The molecule has 0 saturated carbocycles. The number of likely N-dealkylation sites (tertiary alicyclic amines) is 1. The van der Waals surface area contributed by atoms with E-state index in [1.165, 1.54) is 0 Å². The van der Waals surface area contributed by atoms with Gasteiger partial charge in [-0.15, -0.1) is 0 Å². The first-order valence-corrected chi connectivity index (χ1v) is 9.24. The van der Waals surface area contributed by atoms with Crippen LogP contribution in [0.15, 0.2) is 48.5 Å². The summed E-state index contributed by atoms with van der Waals surface area (Å²) in [5.74, 6) is 0.118. The van der Waals surface area contributed by atoms with E-state index in [9.17, 15) is 9.90 Å². The number of piperidine rings is 1. The number of ether oxygens (including phenoxy) is 1. The van der Waals surface area contributed by atoms with Gasteiger partial charge in [0.2, 0.25) is 0 Å². The largest absolute Gasteiger partial charge is 0.497 e. The highest BCUT2D eigenvalue weighted by molar-refractivity contribution is 5.98. The number of methoxy groups -OCH3 is 1. The molecule has 6 heteroatoms. The molecular weight excluding hydrogens is 342 g/mol. The molecule has 1 aliphatic rings. The summed E-state index contributed by atoms with van der Waals surface area (Å²) in [6, 6.07) is 15.1. The van der Waals surface area contributed by atoms with Crippen LogP contribution in [0.3, 0.4) is 0 Å². The van der Waals surface area contributed by atoms with Crippen molar-refractivity contribution in [3.8, 4) is 5.75 Å². The Hall–Kier alpha value is -2.57. The first kappa shape index (κ1) is 19.2. The number of rotatable bonds is 7. The summed E-state index contributed by atoms with van der Waals surface area (Å²) in [5, 5.41) is 14.2. The number of carbonyl (C=O) groups excluding carboxylic acids is 1. The zero-order chi connectivity index (χ0) is 19.3. The lowest BCUT2D eigenvalue weighted by Gasteiger charge is -2.38. The first-order chi connectivity index (χ1) is 13.0. The van der Waals surface area contributed by atoms with Crippen molar-refractivity contribution >= 4 is 11.6 Å². The maximum Gasteiger partial charge on any atom is 0.250 e. The minimum absolute atomic E-state index is 0.423. The van der Waals surface area contributed by atoms with Crippen LogP contribution < -0.4 is 15.8 Å². The van der Waals surface area contributed by atoms with Crippen LogP contribution in [0.4, 0.5) is 5.69 Å². The average molecular weight is 369 g/mol. The highest BCUT2D eigenvalue weighted by Gasteiger charge is 2.33. The quantitative estimate of drug-likeness (QED) is 0.696. The van der Waals surface area contributed by atoms with E-state index >= 15 is 0 Å².